The Balaban J connectivity index is 2.27. The average Bonchev–Trinajstić information content (AvgIpc) is 2.84. The third-order valence-electron chi connectivity index (χ3n) is 3.41. The Kier molecular flexibility index (Phi) is 3.39. The second-order valence-electron chi connectivity index (χ2n) is 4.80. The van der Waals surface area contributed by atoms with Crippen molar-refractivity contribution in [3.8, 4) is 22.4 Å². The number of halogens is 2. The Morgan fingerprint density at radius 3 is 2.67 bits per heavy atom. The number of hydrogen-bond donors (Lipinski definition) is 2. The molecular formula is C16H13ClFN3. The maximum Gasteiger partial charge on any atom is 0.153 e. The molecule has 3 aromatic rings. The molecule has 0 saturated heterocycles. The molecule has 0 saturated carbocycles. The van der Waals surface area contributed by atoms with Gasteiger partial charge in [-0.15, -0.1) is 0 Å². The lowest BCUT2D eigenvalue weighted by Crippen LogP contribution is -1.91. The first-order valence-corrected chi connectivity index (χ1v) is 6.81. The van der Waals surface area contributed by atoms with E-state index in [9.17, 15) is 4.39 Å². The number of aromatic amines is 1. The van der Waals surface area contributed by atoms with Gasteiger partial charge in [-0.3, -0.25) is 5.10 Å². The number of nitrogen functional groups attached to an aromatic ring is 1. The first-order chi connectivity index (χ1) is 10.1. The number of nitrogens with zero attached hydrogens (tertiary/aromatic N) is 1. The normalized spacial score (nSPS) is 10.8. The minimum atomic E-state index is -0.311. The average molecular weight is 302 g/mol. The van der Waals surface area contributed by atoms with Crippen LogP contribution in [0.1, 0.15) is 5.56 Å². The molecule has 5 heteroatoms. The first kappa shape index (κ1) is 13.6. The van der Waals surface area contributed by atoms with Gasteiger partial charge in [-0.2, -0.15) is 5.10 Å². The van der Waals surface area contributed by atoms with Crippen LogP contribution in [0.3, 0.4) is 0 Å². The third kappa shape index (κ3) is 2.38. The van der Waals surface area contributed by atoms with Gasteiger partial charge in [0.2, 0.25) is 0 Å². The van der Waals surface area contributed by atoms with Crippen LogP contribution in [-0.2, 0) is 0 Å². The van der Waals surface area contributed by atoms with E-state index in [4.69, 9.17) is 17.3 Å². The van der Waals surface area contributed by atoms with Gasteiger partial charge in [-0.05, 0) is 30.7 Å². The monoisotopic (exact) mass is 301 g/mol. The van der Waals surface area contributed by atoms with Gasteiger partial charge in [0.15, 0.2) is 5.82 Å². The Bertz CT molecular complexity index is 811. The fourth-order valence-corrected chi connectivity index (χ4v) is 2.58. The Morgan fingerprint density at radius 2 is 1.90 bits per heavy atom. The molecular weight excluding hydrogens is 289 g/mol. The summed E-state index contributed by atoms with van der Waals surface area (Å²) in [6, 6.07) is 12.0. The van der Waals surface area contributed by atoms with E-state index >= 15 is 0 Å². The molecule has 0 aliphatic carbocycles. The summed E-state index contributed by atoms with van der Waals surface area (Å²) in [5, 5.41) is 7.51. The van der Waals surface area contributed by atoms with Crippen LogP contribution in [0.15, 0.2) is 42.5 Å². The molecule has 0 atom stereocenters. The fourth-order valence-electron chi connectivity index (χ4n) is 2.35. The van der Waals surface area contributed by atoms with Gasteiger partial charge in [0.25, 0.3) is 0 Å². The van der Waals surface area contributed by atoms with Crippen molar-refractivity contribution in [1.82, 2.24) is 10.2 Å². The standard InChI is InChI=1S/C16H13ClFN3/c1-9-6-7-10(18)8-12(9)15-14(16(19)21-20-15)11-4-2-3-5-13(11)17/h2-8H,1H3,(H3,19,20,21). The summed E-state index contributed by atoms with van der Waals surface area (Å²) in [6.07, 6.45) is 0. The fraction of sp³-hybridized carbons (Fsp3) is 0.0625. The Morgan fingerprint density at radius 1 is 1.14 bits per heavy atom. The van der Waals surface area contributed by atoms with Crippen molar-refractivity contribution in [1.29, 1.82) is 0 Å². The molecule has 21 heavy (non-hydrogen) atoms. The minimum absolute atomic E-state index is 0.311. The number of anilines is 1. The maximum atomic E-state index is 13.6. The van der Waals surface area contributed by atoms with E-state index in [-0.39, 0.29) is 5.82 Å². The highest BCUT2D eigenvalue weighted by atomic mass is 35.5. The van der Waals surface area contributed by atoms with Gasteiger partial charge in [0, 0.05) is 16.1 Å². The summed E-state index contributed by atoms with van der Waals surface area (Å²) in [4.78, 5) is 0. The second kappa shape index (κ2) is 5.22. The van der Waals surface area contributed by atoms with Crippen molar-refractivity contribution in [2.24, 2.45) is 0 Å². The topological polar surface area (TPSA) is 54.7 Å². The minimum Gasteiger partial charge on any atom is -0.382 e. The number of rotatable bonds is 2. The molecule has 0 aliphatic heterocycles. The van der Waals surface area contributed by atoms with E-state index in [2.05, 4.69) is 10.2 Å². The Hall–Kier alpha value is -2.33. The smallest absolute Gasteiger partial charge is 0.153 e. The zero-order chi connectivity index (χ0) is 15.0. The summed E-state index contributed by atoms with van der Waals surface area (Å²) in [6.45, 7) is 1.90. The Labute approximate surface area is 126 Å². The van der Waals surface area contributed by atoms with E-state index in [0.29, 0.717) is 27.7 Å². The van der Waals surface area contributed by atoms with Crippen molar-refractivity contribution >= 4 is 17.4 Å². The number of H-pyrrole nitrogens is 1. The molecule has 106 valence electrons. The highest BCUT2D eigenvalue weighted by Gasteiger charge is 2.18. The molecule has 0 bridgehead atoms. The van der Waals surface area contributed by atoms with Crippen molar-refractivity contribution in [3.63, 3.8) is 0 Å². The van der Waals surface area contributed by atoms with Crippen LogP contribution in [-0.4, -0.2) is 10.2 Å². The van der Waals surface area contributed by atoms with Crippen LogP contribution in [0.5, 0.6) is 0 Å². The van der Waals surface area contributed by atoms with E-state index < -0.39 is 0 Å². The van der Waals surface area contributed by atoms with Gasteiger partial charge in [0.05, 0.1) is 11.3 Å². The van der Waals surface area contributed by atoms with Crippen molar-refractivity contribution in [3.05, 3.63) is 58.9 Å². The van der Waals surface area contributed by atoms with Gasteiger partial charge < -0.3 is 5.73 Å². The lowest BCUT2D eigenvalue weighted by molar-refractivity contribution is 0.628. The molecule has 0 radical (unpaired) electrons. The molecule has 1 heterocycles. The molecule has 0 spiro atoms. The predicted octanol–water partition coefficient (Wildman–Crippen LogP) is 4.43. The molecule has 1 aromatic heterocycles. The largest absolute Gasteiger partial charge is 0.382 e. The molecule has 3 nitrogen and oxygen atoms in total. The molecule has 0 fully saturated rings. The number of benzene rings is 2. The van der Waals surface area contributed by atoms with E-state index in [1.807, 2.05) is 25.1 Å². The van der Waals surface area contributed by atoms with Crippen LogP contribution in [0.2, 0.25) is 5.02 Å². The van der Waals surface area contributed by atoms with Gasteiger partial charge >= 0.3 is 0 Å². The van der Waals surface area contributed by atoms with E-state index in [1.54, 1.807) is 12.1 Å². The van der Waals surface area contributed by atoms with Crippen LogP contribution >= 0.6 is 11.6 Å². The summed E-state index contributed by atoms with van der Waals surface area (Å²) >= 11 is 6.25. The highest BCUT2D eigenvalue weighted by molar-refractivity contribution is 6.33. The summed E-state index contributed by atoms with van der Waals surface area (Å²) in [5.74, 6) is 0.0237. The van der Waals surface area contributed by atoms with Gasteiger partial charge in [-0.1, -0.05) is 35.9 Å². The van der Waals surface area contributed by atoms with Crippen LogP contribution < -0.4 is 5.73 Å². The summed E-state index contributed by atoms with van der Waals surface area (Å²) in [5.41, 5.74) is 9.74. The molecule has 0 unspecified atom stereocenters. The first-order valence-electron chi connectivity index (χ1n) is 6.43. The zero-order valence-electron chi connectivity index (χ0n) is 11.3. The molecule has 3 rings (SSSR count). The summed E-state index contributed by atoms with van der Waals surface area (Å²) < 4.78 is 13.6. The third-order valence-corrected chi connectivity index (χ3v) is 3.74. The number of nitrogens with two attached hydrogens (primary N) is 1. The van der Waals surface area contributed by atoms with Gasteiger partial charge in [-0.25, -0.2) is 4.39 Å². The number of aryl methyl sites for hydroxylation is 1. The lowest BCUT2D eigenvalue weighted by Gasteiger charge is -2.09. The van der Waals surface area contributed by atoms with Crippen LogP contribution in [0, 0.1) is 12.7 Å². The van der Waals surface area contributed by atoms with Crippen molar-refractivity contribution < 1.29 is 4.39 Å². The molecule has 0 aliphatic rings. The second-order valence-corrected chi connectivity index (χ2v) is 5.21. The molecule has 3 N–H and O–H groups in total. The zero-order valence-corrected chi connectivity index (χ0v) is 12.1. The number of nitrogens with one attached hydrogen (secondary N) is 1. The van der Waals surface area contributed by atoms with E-state index in [0.717, 1.165) is 11.1 Å². The number of hydrogen-bond acceptors (Lipinski definition) is 2. The molecule has 0 amide bonds. The molecule has 2 aromatic carbocycles. The van der Waals surface area contributed by atoms with Crippen LogP contribution in [0.4, 0.5) is 10.2 Å². The predicted molar refractivity (Wildman–Crippen MR) is 83.6 cm³/mol. The van der Waals surface area contributed by atoms with Crippen LogP contribution in [0.25, 0.3) is 22.4 Å². The van der Waals surface area contributed by atoms with Crippen molar-refractivity contribution in [2.45, 2.75) is 6.92 Å². The quantitative estimate of drug-likeness (QED) is 0.736. The van der Waals surface area contributed by atoms with E-state index in [1.165, 1.54) is 12.1 Å². The lowest BCUT2D eigenvalue weighted by atomic mass is 9.98. The summed E-state index contributed by atoms with van der Waals surface area (Å²) in [7, 11) is 0. The number of aromatic nitrogens is 2. The highest BCUT2D eigenvalue weighted by Crippen LogP contribution is 2.39. The van der Waals surface area contributed by atoms with Gasteiger partial charge in [0.1, 0.15) is 5.82 Å². The SMILES string of the molecule is Cc1ccc(F)cc1-c1[nH]nc(N)c1-c1ccccc1Cl. The maximum absolute atomic E-state index is 13.6. The van der Waals surface area contributed by atoms with Crippen molar-refractivity contribution in [2.75, 3.05) is 5.73 Å².